The van der Waals surface area contributed by atoms with Gasteiger partial charge in [-0.2, -0.15) is 0 Å². The molecule has 0 heterocycles. The fourth-order valence-electron chi connectivity index (χ4n) is 1.02. The van der Waals surface area contributed by atoms with Gasteiger partial charge in [-0.05, 0) is 0 Å². The Hall–Kier alpha value is 0.935. The van der Waals surface area contributed by atoms with E-state index in [1.807, 2.05) is 0 Å². The van der Waals surface area contributed by atoms with E-state index in [1.54, 1.807) is 0 Å². The van der Waals surface area contributed by atoms with E-state index >= 15 is 0 Å². The van der Waals surface area contributed by atoms with Crippen molar-refractivity contribution >= 4 is 0 Å². The van der Waals surface area contributed by atoms with Gasteiger partial charge in [0.2, 0.25) is 0 Å². The average Bonchev–Trinajstić information content (AvgIpc) is 1.87. The van der Waals surface area contributed by atoms with Gasteiger partial charge in [0.25, 0.3) is 0 Å². The van der Waals surface area contributed by atoms with Crippen LogP contribution in [0.15, 0.2) is 0 Å². The Balaban J connectivity index is 3.22. The van der Waals surface area contributed by atoms with Crippen molar-refractivity contribution in [3.05, 3.63) is 0 Å². The Morgan fingerprint density at radius 3 is 1.56 bits per heavy atom. The van der Waals surface area contributed by atoms with Crippen LogP contribution in [0.2, 0.25) is 6.85 Å². The fraction of sp³-hybridized carbons (Fsp3) is 1.00. The predicted octanol–water partition coefficient (Wildman–Crippen LogP) is 3.51. The van der Waals surface area contributed by atoms with Crippen molar-refractivity contribution < 1.29 is 24.6 Å². The summed E-state index contributed by atoms with van der Waals surface area (Å²) in [7, 11) is 0. The van der Waals surface area contributed by atoms with Crippen LogP contribution in [0, 0.1) is 0 Å². The summed E-state index contributed by atoms with van der Waals surface area (Å²) in [4.78, 5) is 0. The molecule has 0 aliphatic carbocycles. The van der Waals surface area contributed by atoms with Gasteiger partial charge < -0.3 is 0 Å². The Bertz CT molecular complexity index is 53.6. The molecule has 1 heteroatoms. The first-order valence-electron chi connectivity index (χ1n) is 4.20. The van der Waals surface area contributed by atoms with Crippen LogP contribution in [0.5, 0.6) is 0 Å². The van der Waals surface area contributed by atoms with Crippen molar-refractivity contribution in [2.45, 2.75) is 47.4 Å². The van der Waals surface area contributed by atoms with Crippen LogP contribution < -0.4 is 0 Å². The van der Waals surface area contributed by atoms with Crippen LogP contribution in [-0.4, -0.2) is 0 Å². The molecule has 0 spiro atoms. The Kier molecular flexibility index (Phi) is 6.29. The zero-order chi connectivity index (χ0) is 7.28. The molecule has 9 heavy (non-hydrogen) atoms. The summed E-state index contributed by atoms with van der Waals surface area (Å²) in [5, 5.41) is 0. The third kappa shape index (κ3) is 5.38. The summed E-state index contributed by atoms with van der Waals surface area (Å²) in [5.41, 5.74) is 0. The second-order valence-corrected chi connectivity index (χ2v) is 15.9. The number of rotatable bonds is 4. The van der Waals surface area contributed by atoms with Gasteiger partial charge in [0.15, 0.2) is 0 Å². The Morgan fingerprint density at radius 2 is 1.33 bits per heavy atom. The van der Waals surface area contributed by atoms with E-state index in [0.29, 0.717) is 0 Å². The molecule has 0 aliphatic rings. The normalized spacial score (nSPS) is 16.4. The van der Waals surface area contributed by atoms with Crippen LogP contribution in [-0.2, 0) is 24.6 Å². The standard InChI is InChI=1S/2C4H9.Hg/c2*1-3-4-2;/h2*3H,4H2,1-2H3;. The van der Waals surface area contributed by atoms with Crippen molar-refractivity contribution in [3.63, 3.8) is 0 Å². The maximum absolute atomic E-state index is 2.44. The molecule has 52 valence electrons. The van der Waals surface area contributed by atoms with Crippen LogP contribution in [0.4, 0.5) is 0 Å². The zero-order valence-electron chi connectivity index (χ0n) is 7.28. The molecule has 0 radical (unpaired) electrons. The monoisotopic (exact) mass is 316 g/mol. The van der Waals surface area contributed by atoms with E-state index < -0.39 is 24.6 Å². The quantitative estimate of drug-likeness (QED) is 0.697. The molecular formula is C8H18Hg. The molecule has 2 unspecified atom stereocenters. The topological polar surface area (TPSA) is 0 Å². The molecule has 0 aromatic heterocycles. The summed E-state index contributed by atoms with van der Waals surface area (Å²) in [5.74, 6) is 0. The molecular weight excluding hydrogens is 297 g/mol. The van der Waals surface area contributed by atoms with Gasteiger partial charge in [-0.25, -0.2) is 0 Å². The minimum absolute atomic E-state index is 0.430. The van der Waals surface area contributed by atoms with E-state index in [0.717, 1.165) is 6.85 Å². The van der Waals surface area contributed by atoms with Crippen molar-refractivity contribution in [3.8, 4) is 0 Å². The first-order valence-corrected chi connectivity index (χ1v) is 10.6. The molecule has 0 nitrogen and oxygen atoms in total. The third-order valence-electron chi connectivity index (χ3n) is 2.20. The number of hydrogen-bond acceptors (Lipinski definition) is 0. The predicted molar refractivity (Wildman–Crippen MR) is 39.4 cm³/mol. The first kappa shape index (κ1) is 9.94. The van der Waals surface area contributed by atoms with Gasteiger partial charge in [0, 0.05) is 0 Å². The summed E-state index contributed by atoms with van der Waals surface area (Å²) in [6.07, 6.45) is 2.87. The minimum atomic E-state index is -0.430. The molecule has 0 aromatic carbocycles. The van der Waals surface area contributed by atoms with Crippen LogP contribution in [0.25, 0.3) is 0 Å². The van der Waals surface area contributed by atoms with Crippen molar-refractivity contribution in [2.24, 2.45) is 0 Å². The molecule has 0 aromatic rings. The van der Waals surface area contributed by atoms with Gasteiger partial charge in [0.1, 0.15) is 0 Å². The SMILES string of the molecule is CC[CH](C)[Hg][CH](C)CC. The van der Waals surface area contributed by atoms with Gasteiger partial charge in [-0.15, -0.1) is 0 Å². The molecule has 0 saturated heterocycles. The molecule has 0 amide bonds. The second-order valence-electron chi connectivity index (χ2n) is 3.26. The van der Waals surface area contributed by atoms with E-state index in [1.165, 1.54) is 12.8 Å². The first-order chi connectivity index (χ1) is 4.20. The van der Waals surface area contributed by atoms with Crippen LogP contribution >= 0.6 is 0 Å². The maximum atomic E-state index is 2.44. The van der Waals surface area contributed by atoms with E-state index in [2.05, 4.69) is 27.7 Å². The van der Waals surface area contributed by atoms with Crippen molar-refractivity contribution in [2.75, 3.05) is 0 Å². The third-order valence-corrected chi connectivity index (χ3v) is 12.9. The van der Waals surface area contributed by atoms with Gasteiger partial charge in [0.05, 0.1) is 0 Å². The van der Waals surface area contributed by atoms with Crippen LogP contribution in [0.3, 0.4) is 0 Å². The van der Waals surface area contributed by atoms with Gasteiger partial charge >= 0.3 is 72.0 Å². The summed E-state index contributed by atoms with van der Waals surface area (Å²) >= 11 is -0.430. The van der Waals surface area contributed by atoms with Gasteiger partial charge in [-0.3, -0.25) is 0 Å². The average molecular weight is 315 g/mol. The molecule has 0 bridgehead atoms. The van der Waals surface area contributed by atoms with E-state index in [9.17, 15) is 0 Å². The fourth-order valence-corrected chi connectivity index (χ4v) is 8.95. The Morgan fingerprint density at radius 1 is 1.00 bits per heavy atom. The summed E-state index contributed by atoms with van der Waals surface area (Å²) in [6.45, 7) is 9.53. The van der Waals surface area contributed by atoms with Crippen LogP contribution in [0.1, 0.15) is 40.5 Å². The zero-order valence-corrected chi connectivity index (χ0v) is 12.8. The van der Waals surface area contributed by atoms with Gasteiger partial charge in [-0.1, -0.05) is 0 Å². The summed E-state index contributed by atoms with van der Waals surface area (Å²) < 4.78 is 2.31. The van der Waals surface area contributed by atoms with E-state index in [4.69, 9.17) is 0 Å². The number of hydrogen-bond donors (Lipinski definition) is 0. The molecule has 0 rings (SSSR count). The molecule has 2 atom stereocenters. The molecule has 0 aliphatic heterocycles. The molecule has 0 saturated carbocycles. The molecule has 0 N–H and O–H groups in total. The second kappa shape index (κ2) is 5.70. The Labute approximate surface area is 71.8 Å². The van der Waals surface area contributed by atoms with E-state index in [-0.39, 0.29) is 0 Å². The summed E-state index contributed by atoms with van der Waals surface area (Å²) in [6, 6.07) is 0. The molecule has 0 fully saturated rings. The van der Waals surface area contributed by atoms with Crippen molar-refractivity contribution in [1.29, 1.82) is 0 Å². The van der Waals surface area contributed by atoms with Crippen molar-refractivity contribution in [1.82, 2.24) is 0 Å².